The molecule has 8 nitrogen and oxygen atoms in total. The lowest BCUT2D eigenvalue weighted by Crippen LogP contribution is -2.43. The second-order valence-electron chi connectivity index (χ2n) is 6.54. The number of ether oxygens (including phenoxy) is 1. The van der Waals surface area contributed by atoms with Crippen molar-refractivity contribution in [3.63, 3.8) is 0 Å². The molecule has 4 aromatic rings. The van der Waals surface area contributed by atoms with E-state index in [9.17, 15) is 9.59 Å². The molecule has 2 N–H and O–H groups in total. The molecule has 0 aliphatic rings. The molecule has 0 radical (unpaired) electrons. The molecule has 0 bridgehead atoms. The highest BCUT2D eigenvalue weighted by Crippen LogP contribution is 2.29. The van der Waals surface area contributed by atoms with Crippen LogP contribution in [0.2, 0.25) is 0 Å². The molecule has 0 aliphatic heterocycles. The summed E-state index contributed by atoms with van der Waals surface area (Å²) in [7, 11) is 0. The summed E-state index contributed by atoms with van der Waals surface area (Å²) in [4.78, 5) is 28.3. The number of hydrogen-bond donors (Lipinski definition) is 2. The zero-order valence-electron chi connectivity index (χ0n) is 16.4. The van der Waals surface area contributed by atoms with Crippen molar-refractivity contribution in [1.82, 2.24) is 25.6 Å². The van der Waals surface area contributed by atoms with Gasteiger partial charge in [0, 0.05) is 11.1 Å². The fourth-order valence-electron chi connectivity index (χ4n) is 2.93. The number of hydrogen-bond acceptors (Lipinski definition) is 5. The molecule has 0 aliphatic carbocycles. The number of benzene rings is 3. The molecule has 8 heteroatoms. The van der Waals surface area contributed by atoms with E-state index in [2.05, 4.69) is 20.9 Å². The van der Waals surface area contributed by atoms with Gasteiger partial charge in [-0.15, -0.1) is 0 Å². The molecule has 1 heterocycles. The van der Waals surface area contributed by atoms with E-state index >= 15 is 0 Å². The lowest BCUT2D eigenvalue weighted by Gasteiger charge is -2.12. The van der Waals surface area contributed by atoms with Crippen molar-refractivity contribution in [2.75, 3.05) is 6.61 Å². The first-order valence-corrected chi connectivity index (χ1v) is 9.52. The third-order valence-corrected chi connectivity index (χ3v) is 4.46. The van der Waals surface area contributed by atoms with Crippen molar-refractivity contribution >= 4 is 11.8 Å². The van der Waals surface area contributed by atoms with Gasteiger partial charge in [0.15, 0.2) is 6.61 Å². The van der Waals surface area contributed by atoms with Crippen LogP contribution in [0.25, 0.3) is 16.8 Å². The van der Waals surface area contributed by atoms with Gasteiger partial charge in [-0.3, -0.25) is 20.4 Å². The second-order valence-corrected chi connectivity index (χ2v) is 6.54. The molecule has 2 amide bonds. The number of aromatic nitrogens is 3. The number of hydrazine groups is 1. The standard InChI is InChI=1S/C23H19N5O3/c29-22(14-31-21-9-5-4-8-20(21)17-6-2-1-3-7-17)26-27-23(30)18-10-12-19(13-11-18)28-16-24-15-25-28/h1-13,15-16H,14H2,(H,26,29)(H,27,30). The second kappa shape index (κ2) is 9.36. The van der Waals surface area contributed by atoms with Gasteiger partial charge in [0.25, 0.3) is 11.8 Å². The first-order chi connectivity index (χ1) is 15.2. The summed E-state index contributed by atoms with van der Waals surface area (Å²) in [5.74, 6) is -0.336. The fourth-order valence-corrected chi connectivity index (χ4v) is 2.93. The van der Waals surface area contributed by atoms with Crippen LogP contribution in [0.15, 0.2) is 91.5 Å². The van der Waals surface area contributed by atoms with Gasteiger partial charge in [0.2, 0.25) is 0 Å². The number of rotatable bonds is 6. The van der Waals surface area contributed by atoms with Crippen molar-refractivity contribution in [3.8, 4) is 22.6 Å². The Balaban J connectivity index is 1.31. The van der Waals surface area contributed by atoms with Gasteiger partial charge in [-0.1, -0.05) is 48.5 Å². The van der Waals surface area contributed by atoms with E-state index in [1.54, 1.807) is 41.3 Å². The van der Waals surface area contributed by atoms with Gasteiger partial charge >= 0.3 is 0 Å². The van der Waals surface area contributed by atoms with Crippen LogP contribution in [0.3, 0.4) is 0 Å². The highest BCUT2D eigenvalue weighted by molar-refractivity contribution is 5.95. The minimum Gasteiger partial charge on any atom is -0.483 e. The van der Waals surface area contributed by atoms with E-state index < -0.39 is 11.8 Å². The van der Waals surface area contributed by atoms with Crippen LogP contribution in [0, 0.1) is 0 Å². The first kappa shape index (κ1) is 19.8. The molecular weight excluding hydrogens is 394 g/mol. The van der Waals surface area contributed by atoms with Gasteiger partial charge in [-0.25, -0.2) is 9.67 Å². The molecule has 0 fully saturated rings. The maximum absolute atomic E-state index is 12.3. The monoisotopic (exact) mass is 413 g/mol. The summed E-state index contributed by atoms with van der Waals surface area (Å²) in [6, 6.07) is 23.9. The summed E-state index contributed by atoms with van der Waals surface area (Å²) in [6.45, 7) is -0.241. The van der Waals surface area contributed by atoms with E-state index in [1.165, 1.54) is 6.33 Å². The SMILES string of the molecule is O=C(COc1ccccc1-c1ccccc1)NNC(=O)c1ccc(-n2cncn2)cc1. The van der Waals surface area contributed by atoms with Crippen LogP contribution in [-0.4, -0.2) is 33.2 Å². The van der Waals surface area contributed by atoms with Gasteiger partial charge in [-0.05, 0) is 35.9 Å². The Hall–Kier alpha value is -4.46. The van der Waals surface area contributed by atoms with Crippen LogP contribution in [0.5, 0.6) is 5.75 Å². The lowest BCUT2D eigenvalue weighted by molar-refractivity contribution is -0.123. The Morgan fingerprint density at radius 2 is 1.61 bits per heavy atom. The summed E-state index contributed by atoms with van der Waals surface area (Å²) in [6.07, 6.45) is 2.99. The third kappa shape index (κ3) is 4.94. The Morgan fingerprint density at radius 3 is 2.35 bits per heavy atom. The summed E-state index contributed by atoms with van der Waals surface area (Å²) < 4.78 is 7.25. The number of para-hydroxylation sites is 1. The van der Waals surface area contributed by atoms with Crippen LogP contribution >= 0.6 is 0 Å². The van der Waals surface area contributed by atoms with Crippen molar-refractivity contribution in [2.24, 2.45) is 0 Å². The zero-order chi connectivity index (χ0) is 21.5. The van der Waals surface area contributed by atoms with Gasteiger partial charge in [0.1, 0.15) is 18.4 Å². The Labute approximate surface area is 178 Å². The largest absolute Gasteiger partial charge is 0.483 e. The highest BCUT2D eigenvalue weighted by atomic mass is 16.5. The maximum Gasteiger partial charge on any atom is 0.276 e. The Kier molecular flexibility index (Phi) is 5.99. The van der Waals surface area contributed by atoms with Crippen molar-refractivity contribution in [1.29, 1.82) is 0 Å². The van der Waals surface area contributed by atoms with E-state index in [1.807, 2.05) is 48.5 Å². The molecule has 31 heavy (non-hydrogen) atoms. The summed E-state index contributed by atoms with van der Waals surface area (Å²) in [5.41, 5.74) is 7.77. The predicted molar refractivity (Wildman–Crippen MR) is 114 cm³/mol. The maximum atomic E-state index is 12.3. The molecule has 4 rings (SSSR count). The average Bonchev–Trinajstić information content (AvgIpc) is 3.37. The quantitative estimate of drug-likeness (QED) is 0.474. The number of amides is 2. The third-order valence-electron chi connectivity index (χ3n) is 4.46. The molecular formula is C23H19N5O3. The Bertz CT molecular complexity index is 1160. The molecule has 0 saturated heterocycles. The van der Waals surface area contributed by atoms with E-state index in [0.717, 1.165) is 16.8 Å². The van der Waals surface area contributed by atoms with Crippen LogP contribution < -0.4 is 15.6 Å². The molecule has 154 valence electrons. The van der Waals surface area contributed by atoms with E-state index in [4.69, 9.17) is 4.74 Å². The van der Waals surface area contributed by atoms with E-state index in [0.29, 0.717) is 11.3 Å². The minimum atomic E-state index is -0.476. The summed E-state index contributed by atoms with van der Waals surface area (Å²) in [5, 5.41) is 4.03. The molecule has 0 unspecified atom stereocenters. The van der Waals surface area contributed by atoms with Gasteiger partial charge in [-0.2, -0.15) is 5.10 Å². The average molecular weight is 413 g/mol. The Morgan fingerprint density at radius 1 is 0.871 bits per heavy atom. The number of nitrogens with zero attached hydrogens (tertiary/aromatic N) is 3. The summed E-state index contributed by atoms with van der Waals surface area (Å²) >= 11 is 0. The fraction of sp³-hybridized carbons (Fsp3) is 0.0435. The normalized spacial score (nSPS) is 10.3. The van der Waals surface area contributed by atoms with Crippen molar-refractivity contribution in [2.45, 2.75) is 0 Å². The molecule has 0 saturated carbocycles. The van der Waals surface area contributed by atoms with Gasteiger partial charge in [0.05, 0.1) is 5.69 Å². The molecule has 1 aromatic heterocycles. The zero-order valence-corrected chi connectivity index (χ0v) is 16.4. The van der Waals surface area contributed by atoms with E-state index in [-0.39, 0.29) is 6.61 Å². The lowest BCUT2D eigenvalue weighted by atomic mass is 10.1. The van der Waals surface area contributed by atoms with Gasteiger partial charge < -0.3 is 4.74 Å². The topological polar surface area (TPSA) is 98.1 Å². The molecule has 0 spiro atoms. The first-order valence-electron chi connectivity index (χ1n) is 9.52. The van der Waals surface area contributed by atoms with Crippen LogP contribution in [0.1, 0.15) is 10.4 Å². The van der Waals surface area contributed by atoms with Crippen LogP contribution in [-0.2, 0) is 4.79 Å². The molecule has 3 aromatic carbocycles. The number of nitrogens with one attached hydrogen (secondary N) is 2. The van der Waals surface area contributed by atoms with Crippen molar-refractivity contribution < 1.29 is 14.3 Å². The van der Waals surface area contributed by atoms with Crippen LogP contribution in [0.4, 0.5) is 0 Å². The molecule has 0 atom stereocenters. The predicted octanol–water partition coefficient (Wildman–Crippen LogP) is 2.77. The highest BCUT2D eigenvalue weighted by Gasteiger charge is 2.10. The van der Waals surface area contributed by atoms with Crippen molar-refractivity contribution in [3.05, 3.63) is 97.1 Å². The number of carbonyl (C=O) groups excluding carboxylic acids is 2. The minimum absolute atomic E-state index is 0.241. The number of carbonyl (C=O) groups is 2. The smallest absolute Gasteiger partial charge is 0.276 e.